The molecule has 0 radical (unpaired) electrons. The number of hydrogen-bond acceptors (Lipinski definition) is 5. The molecule has 0 saturated carbocycles. The van der Waals surface area contributed by atoms with Gasteiger partial charge in [-0.25, -0.2) is 13.1 Å². The largest absolute Gasteiger partial charge is 0.377 e. The van der Waals surface area contributed by atoms with E-state index >= 15 is 0 Å². The van der Waals surface area contributed by atoms with E-state index in [-0.39, 0.29) is 22.9 Å². The molecule has 7 nitrogen and oxygen atoms in total. The number of sulfonamides is 1. The van der Waals surface area contributed by atoms with Crippen LogP contribution in [0, 0.1) is 0 Å². The van der Waals surface area contributed by atoms with Gasteiger partial charge in [0.05, 0.1) is 17.0 Å². The van der Waals surface area contributed by atoms with Crippen LogP contribution in [0.2, 0.25) is 0 Å². The normalized spacial score (nSPS) is 23.7. The van der Waals surface area contributed by atoms with Crippen molar-refractivity contribution in [1.82, 2.24) is 15.4 Å². The van der Waals surface area contributed by atoms with Gasteiger partial charge in [-0.15, -0.1) is 0 Å². The van der Waals surface area contributed by atoms with E-state index in [9.17, 15) is 13.2 Å². The van der Waals surface area contributed by atoms with Gasteiger partial charge >= 0.3 is 0 Å². The molecule has 26 heavy (non-hydrogen) atoms. The zero-order valence-corrected chi connectivity index (χ0v) is 15.7. The molecule has 3 rings (SSSR count). The lowest BCUT2D eigenvalue weighted by Crippen LogP contribution is -2.46. The Labute approximate surface area is 154 Å². The second-order valence-corrected chi connectivity index (χ2v) is 8.62. The lowest BCUT2D eigenvalue weighted by molar-refractivity contribution is -0.123. The van der Waals surface area contributed by atoms with Crippen molar-refractivity contribution in [2.24, 2.45) is 0 Å². The zero-order valence-electron chi connectivity index (χ0n) is 14.9. The SMILES string of the molecule is O=C(NCc1ccc(S(=O)(=O)NCC2CCCO2)cc1)C1CCCCN1. The number of amides is 1. The molecule has 2 unspecified atom stereocenters. The Morgan fingerprint density at radius 3 is 2.62 bits per heavy atom. The predicted molar refractivity (Wildman–Crippen MR) is 98.1 cm³/mol. The molecule has 3 N–H and O–H groups in total. The molecule has 2 fully saturated rings. The minimum atomic E-state index is -3.54. The Balaban J connectivity index is 1.49. The van der Waals surface area contributed by atoms with Gasteiger partial charge in [-0.3, -0.25) is 4.79 Å². The Morgan fingerprint density at radius 1 is 1.15 bits per heavy atom. The fraction of sp³-hybridized carbons (Fsp3) is 0.611. The van der Waals surface area contributed by atoms with Crippen molar-refractivity contribution in [1.29, 1.82) is 0 Å². The summed E-state index contributed by atoms with van der Waals surface area (Å²) in [5.41, 5.74) is 0.868. The molecule has 1 aromatic carbocycles. The van der Waals surface area contributed by atoms with E-state index < -0.39 is 10.0 Å². The summed E-state index contributed by atoms with van der Waals surface area (Å²) in [6, 6.07) is 6.48. The second-order valence-electron chi connectivity index (χ2n) is 6.85. The van der Waals surface area contributed by atoms with Gasteiger partial charge in [0.2, 0.25) is 15.9 Å². The molecule has 2 aliphatic rings. The van der Waals surface area contributed by atoms with E-state index in [4.69, 9.17) is 4.74 Å². The van der Waals surface area contributed by atoms with Crippen molar-refractivity contribution < 1.29 is 17.9 Å². The first kappa shape index (κ1) is 19.3. The third-order valence-corrected chi connectivity index (χ3v) is 6.29. The van der Waals surface area contributed by atoms with Crippen molar-refractivity contribution in [2.75, 3.05) is 19.7 Å². The Hall–Kier alpha value is -1.48. The maximum atomic E-state index is 12.3. The lowest BCUT2D eigenvalue weighted by atomic mass is 10.0. The van der Waals surface area contributed by atoms with Gasteiger partial charge in [-0.2, -0.15) is 0 Å². The van der Waals surface area contributed by atoms with Gasteiger partial charge in [0, 0.05) is 19.7 Å². The average Bonchev–Trinajstić information content (AvgIpc) is 3.19. The summed E-state index contributed by atoms with van der Waals surface area (Å²) in [5, 5.41) is 6.12. The topological polar surface area (TPSA) is 96.5 Å². The molecule has 2 atom stereocenters. The first-order chi connectivity index (χ1) is 12.5. The van der Waals surface area contributed by atoms with Gasteiger partial charge in [0.15, 0.2) is 0 Å². The standard InChI is InChI=1S/C18H27N3O4S/c22-18(17-5-1-2-10-19-17)20-12-14-6-8-16(9-7-14)26(23,24)21-13-15-4-3-11-25-15/h6-9,15,17,19,21H,1-5,10-13H2,(H,20,22). The molecular formula is C18H27N3O4S. The molecule has 2 aliphatic heterocycles. The summed E-state index contributed by atoms with van der Waals surface area (Å²) < 4.78 is 32.7. The maximum absolute atomic E-state index is 12.3. The van der Waals surface area contributed by atoms with Gasteiger partial charge < -0.3 is 15.4 Å². The molecule has 0 spiro atoms. The number of piperidine rings is 1. The molecule has 2 saturated heterocycles. The van der Waals surface area contributed by atoms with Crippen LogP contribution in [0.25, 0.3) is 0 Å². The second kappa shape index (κ2) is 8.94. The number of hydrogen-bond donors (Lipinski definition) is 3. The van der Waals surface area contributed by atoms with Gasteiger partial charge in [0.1, 0.15) is 0 Å². The van der Waals surface area contributed by atoms with Crippen LogP contribution < -0.4 is 15.4 Å². The highest BCUT2D eigenvalue weighted by atomic mass is 32.2. The van der Waals surface area contributed by atoms with E-state index in [0.29, 0.717) is 19.7 Å². The minimum absolute atomic E-state index is 0.000344. The molecule has 8 heteroatoms. The Bertz CT molecular complexity index is 694. The minimum Gasteiger partial charge on any atom is -0.377 e. The van der Waals surface area contributed by atoms with Crippen LogP contribution in [0.5, 0.6) is 0 Å². The first-order valence-corrected chi connectivity index (χ1v) is 10.7. The van der Waals surface area contributed by atoms with Crippen LogP contribution in [0.1, 0.15) is 37.7 Å². The molecule has 0 aromatic heterocycles. The van der Waals surface area contributed by atoms with Crippen molar-refractivity contribution >= 4 is 15.9 Å². The van der Waals surface area contributed by atoms with Crippen LogP contribution in [0.15, 0.2) is 29.2 Å². The predicted octanol–water partition coefficient (Wildman–Crippen LogP) is 0.902. The van der Waals surface area contributed by atoms with E-state index in [1.807, 2.05) is 0 Å². The molecule has 2 heterocycles. The fourth-order valence-electron chi connectivity index (χ4n) is 3.27. The first-order valence-electron chi connectivity index (χ1n) is 9.26. The van der Waals surface area contributed by atoms with Crippen LogP contribution >= 0.6 is 0 Å². The number of benzene rings is 1. The number of ether oxygens (including phenoxy) is 1. The van der Waals surface area contributed by atoms with Gasteiger partial charge in [-0.1, -0.05) is 18.6 Å². The van der Waals surface area contributed by atoms with Crippen molar-refractivity contribution in [3.63, 3.8) is 0 Å². The molecule has 0 aliphatic carbocycles. The van der Waals surface area contributed by atoms with Gasteiger partial charge in [-0.05, 0) is 49.9 Å². The van der Waals surface area contributed by atoms with Crippen molar-refractivity contribution in [3.05, 3.63) is 29.8 Å². The third kappa shape index (κ3) is 5.26. The highest BCUT2D eigenvalue weighted by molar-refractivity contribution is 7.89. The Kier molecular flexibility index (Phi) is 6.63. The van der Waals surface area contributed by atoms with Gasteiger partial charge in [0.25, 0.3) is 0 Å². The summed E-state index contributed by atoms with van der Waals surface area (Å²) in [4.78, 5) is 12.3. The molecular weight excluding hydrogens is 354 g/mol. The van der Waals surface area contributed by atoms with Crippen molar-refractivity contribution in [3.8, 4) is 0 Å². The Morgan fingerprint density at radius 2 is 1.96 bits per heavy atom. The molecule has 144 valence electrons. The number of nitrogens with one attached hydrogen (secondary N) is 3. The summed E-state index contributed by atoms with van der Waals surface area (Å²) in [5.74, 6) is -0.000344. The van der Waals surface area contributed by atoms with E-state index in [1.165, 1.54) is 0 Å². The fourth-order valence-corrected chi connectivity index (χ4v) is 4.33. The molecule has 0 bridgehead atoms. The summed E-state index contributed by atoms with van der Waals surface area (Å²) >= 11 is 0. The number of carbonyl (C=O) groups excluding carboxylic acids is 1. The van der Waals surface area contributed by atoms with Crippen LogP contribution in [0.4, 0.5) is 0 Å². The number of rotatable bonds is 7. The molecule has 1 aromatic rings. The summed E-state index contributed by atoms with van der Waals surface area (Å²) in [6.07, 6.45) is 4.86. The van der Waals surface area contributed by atoms with Crippen LogP contribution in [-0.2, 0) is 26.1 Å². The zero-order chi connectivity index (χ0) is 18.4. The smallest absolute Gasteiger partial charge is 0.240 e. The highest BCUT2D eigenvalue weighted by Gasteiger charge is 2.21. The van der Waals surface area contributed by atoms with Crippen LogP contribution in [0.3, 0.4) is 0 Å². The van der Waals surface area contributed by atoms with Crippen LogP contribution in [-0.4, -0.2) is 46.2 Å². The molecule has 1 amide bonds. The highest BCUT2D eigenvalue weighted by Crippen LogP contribution is 2.14. The van der Waals surface area contributed by atoms with E-state index in [1.54, 1.807) is 24.3 Å². The quantitative estimate of drug-likeness (QED) is 0.652. The monoisotopic (exact) mass is 381 g/mol. The average molecular weight is 381 g/mol. The summed E-state index contributed by atoms with van der Waals surface area (Å²) in [6.45, 7) is 2.27. The van der Waals surface area contributed by atoms with E-state index in [0.717, 1.165) is 44.2 Å². The van der Waals surface area contributed by atoms with Crippen molar-refractivity contribution in [2.45, 2.75) is 55.7 Å². The third-order valence-electron chi connectivity index (χ3n) is 4.85. The lowest BCUT2D eigenvalue weighted by Gasteiger charge is -2.22. The maximum Gasteiger partial charge on any atom is 0.240 e. The summed E-state index contributed by atoms with van der Waals surface area (Å²) in [7, 11) is -3.54. The number of carbonyl (C=O) groups is 1. The van der Waals surface area contributed by atoms with E-state index in [2.05, 4.69) is 15.4 Å².